The van der Waals surface area contributed by atoms with Gasteiger partial charge in [-0.15, -0.1) is 4.83 Å². The second-order valence-electron chi connectivity index (χ2n) is 4.41. The number of benzene rings is 1. The Kier molecular flexibility index (Phi) is 3.91. The fourth-order valence-electron chi connectivity index (χ4n) is 1.81. The molecule has 0 aliphatic carbocycles. The lowest BCUT2D eigenvalue weighted by Gasteiger charge is -2.10. The summed E-state index contributed by atoms with van der Waals surface area (Å²) in [5.74, 6) is -0.552. The van der Waals surface area contributed by atoms with Crippen molar-refractivity contribution >= 4 is 15.9 Å². The molecule has 106 valence electrons. The van der Waals surface area contributed by atoms with Crippen LogP contribution in [0.2, 0.25) is 0 Å². The first-order valence-corrected chi connectivity index (χ1v) is 7.41. The maximum absolute atomic E-state index is 12.1. The zero-order chi connectivity index (χ0) is 14.8. The van der Waals surface area contributed by atoms with Crippen molar-refractivity contribution in [3.05, 3.63) is 53.3 Å². The molecule has 0 atom stereocenters. The van der Waals surface area contributed by atoms with Crippen LogP contribution in [-0.4, -0.2) is 19.3 Å². The van der Waals surface area contributed by atoms with Gasteiger partial charge in [-0.1, -0.05) is 17.7 Å². The van der Waals surface area contributed by atoms with Crippen LogP contribution < -0.4 is 10.3 Å². The summed E-state index contributed by atoms with van der Waals surface area (Å²) in [6.07, 6.45) is 1.58. The van der Waals surface area contributed by atoms with Crippen molar-refractivity contribution in [2.45, 2.75) is 18.7 Å². The SMILES string of the molecule is Cc1ccc(S(=O)(=O)NNC(=O)c2ccc[nH]2)c(C)c1. The van der Waals surface area contributed by atoms with Gasteiger partial charge in [0.1, 0.15) is 5.69 Å². The Morgan fingerprint density at radius 3 is 2.55 bits per heavy atom. The zero-order valence-electron chi connectivity index (χ0n) is 11.1. The molecule has 0 bridgehead atoms. The fraction of sp³-hybridized carbons (Fsp3) is 0.154. The van der Waals surface area contributed by atoms with Crippen LogP contribution in [0.5, 0.6) is 0 Å². The van der Waals surface area contributed by atoms with Gasteiger partial charge in [-0.3, -0.25) is 10.2 Å². The predicted octanol–water partition coefficient (Wildman–Crippen LogP) is 1.25. The number of nitrogens with one attached hydrogen (secondary N) is 3. The van der Waals surface area contributed by atoms with E-state index in [-0.39, 0.29) is 10.6 Å². The summed E-state index contributed by atoms with van der Waals surface area (Å²) < 4.78 is 24.2. The summed E-state index contributed by atoms with van der Waals surface area (Å²) in [7, 11) is -3.79. The number of hydrogen-bond donors (Lipinski definition) is 3. The number of carbonyl (C=O) groups excluding carboxylic acids is 1. The molecule has 2 rings (SSSR count). The predicted molar refractivity (Wildman–Crippen MR) is 74.5 cm³/mol. The highest BCUT2D eigenvalue weighted by Gasteiger charge is 2.18. The van der Waals surface area contributed by atoms with Gasteiger partial charge in [0.25, 0.3) is 15.9 Å². The minimum atomic E-state index is -3.79. The summed E-state index contributed by atoms with van der Waals surface area (Å²) in [5, 5.41) is 0. The van der Waals surface area contributed by atoms with E-state index in [9.17, 15) is 13.2 Å². The third kappa shape index (κ3) is 3.06. The summed E-state index contributed by atoms with van der Waals surface area (Å²) in [6, 6.07) is 8.16. The Bertz CT molecular complexity index is 721. The number of aryl methyl sites for hydroxylation is 2. The number of H-pyrrole nitrogens is 1. The van der Waals surface area contributed by atoms with Crippen molar-refractivity contribution in [2.75, 3.05) is 0 Å². The lowest BCUT2D eigenvalue weighted by atomic mass is 10.2. The van der Waals surface area contributed by atoms with E-state index in [0.717, 1.165) is 5.56 Å². The third-order valence-electron chi connectivity index (χ3n) is 2.76. The molecule has 0 saturated heterocycles. The third-order valence-corrected chi connectivity index (χ3v) is 4.17. The molecule has 0 aliphatic heterocycles. The lowest BCUT2D eigenvalue weighted by molar-refractivity contribution is 0.0940. The highest BCUT2D eigenvalue weighted by atomic mass is 32.2. The first kappa shape index (κ1) is 14.3. The molecule has 0 unspecified atom stereocenters. The van der Waals surface area contributed by atoms with Crippen LogP contribution in [0.3, 0.4) is 0 Å². The largest absolute Gasteiger partial charge is 0.357 e. The van der Waals surface area contributed by atoms with Crippen molar-refractivity contribution in [3.63, 3.8) is 0 Å². The maximum atomic E-state index is 12.1. The average Bonchev–Trinajstić information content (AvgIpc) is 2.89. The first-order valence-electron chi connectivity index (χ1n) is 5.93. The van der Waals surface area contributed by atoms with Crippen LogP contribution in [0.25, 0.3) is 0 Å². The number of amides is 1. The van der Waals surface area contributed by atoms with E-state index in [1.54, 1.807) is 37.4 Å². The number of rotatable bonds is 4. The molecular formula is C13H15N3O3S. The topological polar surface area (TPSA) is 91.1 Å². The fourth-order valence-corrected chi connectivity index (χ4v) is 2.88. The van der Waals surface area contributed by atoms with E-state index in [4.69, 9.17) is 0 Å². The van der Waals surface area contributed by atoms with Crippen LogP contribution in [0.4, 0.5) is 0 Å². The number of hydrogen-bond acceptors (Lipinski definition) is 3. The molecule has 6 nitrogen and oxygen atoms in total. The molecular weight excluding hydrogens is 278 g/mol. The van der Waals surface area contributed by atoms with Crippen molar-refractivity contribution in [1.29, 1.82) is 0 Å². The van der Waals surface area contributed by atoms with E-state index in [1.807, 2.05) is 6.92 Å². The van der Waals surface area contributed by atoms with Crippen molar-refractivity contribution in [2.24, 2.45) is 0 Å². The van der Waals surface area contributed by atoms with Crippen LogP contribution in [0.15, 0.2) is 41.4 Å². The number of carbonyl (C=O) groups is 1. The zero-order valence-corrected chi connectivity index (χ0v) is 11.9. The molecule has 7 heteroatoms. The van der Waals surface area contributed by atoms with Crippen LogP contribution in [-0.2, 0) is 10.0 Å². The molecule has 2 aromatic rings. The first-order chi connectivity index (χ1) is 9.40. The van der Waals surface area contributed by atoms with E-state index in [0.29, 0.717) is 5.56 Å². The molecule has 0 fully saturated rings. The monoisotopic (exact) mass is 293 g/mol. The molecule has 1 aromatic carbocycles. The summed E-state index contributed by atoms with van der Waals surface area (Å²) in [4.78, 5) is 16.5. The minimum absolute atomic E-state index is 0.134. The summed E-state index contributed by atoms with van der Waals surface area (Å²) in [5.41, 5.74) is 4.02. The smallest absolute Gasteiger partial charge is 0.282 e. The van der Waals surface area contributed by atoms with Gasteiger partial charge in [0.15, 0.2) is 0 Å². The standard InChI is InChI=1S/C13H15N3O3S/c1-9-5-6-12(10(2)8-9)20(18,19)16-15-13(17)11-4-3-7-14-11/h3-8,14,16H,1-2H3,(H,15,17). The Labute approximate surface area is 117 Å². The van der Waals surface area contributed by atoms with Gasteiger partial charge in [0.2, 0.25) is 0 Å². The Morgan fingerprint density at radius 1 is 1.20 bits per heavy atom. The van der Waals surface area contributed by atoms with Crippen LogP contribution in [0.1, 0.15) is 21.6 Å². The molecule has 1 heterocycles. The highest BCUT2D eigenvalue weighted by molar-refractivity contribution is 7.89. The van der Waals surface area contributed by atoms with Crippen LogP contribution >= 0.6 is 0 Å². The molecule has 0 aliphatic rings. The van der Waals surface area contributed by atoms with Gasteiger partial charge in [0, 0.05) is 6.20 Å². The number of aromatic nitrogens is 1. The van der Waals surface area contributed by atoms with Crippen molar-refractivity contribution in [1.82, 2.24) is 15.2 Å². The summed E-state index contributed by atoms with van der Waals surface area (Å²) >= 11 is 0. The maximum Gasteiger partial charge on any atom is 0.282 e. The average molecular weight is 293 g/mol. The van der Waals surface area contributed by atoms with E-state index in [1.165, 1.54) is 6.07 Å². The molecule has 0 saturated carbocycles. The van der Waals surface area contributed by atoms with Crippen LogP contribution in [0, 0.1) is 13.8 Å². The number of hydrazine groups is 1. The van der Waals surface area contributed by atoms with Gasteiger partial charge in [-0.2, -0.15) is 0 Å². The van der Waals surface area contributed by atoms with Crippen molar-refractivity contribution < 1.29 is 13.2 Å². The highest BCUT2D eigenvalue weighted by Crippen LogP contribution is 2.15. The van der Waals surface area contributed by atoms with Gasteiger partial charge < -0.3 is 4.98 Å². The molecule has 20 heavy (non-hydrogen) atoms. The van der Waals surface area contributed by atoms with Crippen molar-refractivity contribution in [3.8, 4) is 0 Å². The summed E-state index contributed by atoms with van der Waals surface area (Å²) in [6.45, 7) is 3.58. The second kappa shape index (κ2) is 5.48. The molecule has 0 radical (unpaired) electrons. The number of aromatic amines is 1. The Balaban J connectivity index is 2.14. The van der Waals surface area contributed by atoms with Gasteiger partial charge >= 0.3 is 0 Å². The van der Waals surface area contributed by atoms with Gasteiger partial charge in [-0.25, -0.2) is 8.42 Å². The second-order valence-corrected chi connectivity index (χ2v) is 6.06. The Morgan fingerprint density at radius 2 is 1.95 bits per heavy atom. The molecule has 0 spiro atoms. The minimum Gasteiger partial charge on any atom is -0.357 e. The van der Waals surface area contributed by atoms with Gasteiger partial charge in [-0.05, 0) is 37.6 Å². The van der Waals surface area contributed by atoms with Gasteiger partial charge in [0.05, 0.1) is 4.90 Å². The molecule has 1 amide bonds. The quantitative estimate of drug-likeness (QED) is 0.741. The normalized spacial score (nSPS) is 11.3. The number of sulfonamides is 1. The van der Waals surface area contributed by atoms with E-state index >= 15 is 0 Å². The van der Waals surface area contributed by atoms with E-state index in [2.05, 4.69) is 15.2 Å². The Hall–Kier alpha value is -2.12. The molecule has 3 N–H and O–H groups in total. The van der Waals surface area contributed by atoms with E-state index < -0.39 is 15.9 Å². The lowest BCUT2D eigenvalue weighted by Crippen LogP contribution is -2.41. The molecule has 1 aromatic heterocycles.